The first-order valence-corrected chi connectivity index (χ1v) is 25.3. The Morgan fingerprint density at radius 3 is 1.64 bits per heavy atom. The van der Waals surface area contributed by atoms with Crippen LogP contribution in [0, 0.1) is 0 Å². The topological polar surface area (TPSA) is 8.17 Å². The van der Waals surface area contributed by atoms with E-state index in [9.17, 15) is 0 Å². The van der Waals surface area contributed by atoms with Crippen molar-refractivity contribution in [3.05, 3.63) is 301 Å². The largest absolute Gasteiger partial charge is 0.309 e. The van der Waals surface area contributed by atoms with E-state index in [0.29, 0.717) is 0 Å². The van der Waals surface area contributed by atoms with Crippen molar-refractivity contribution in [2.75, 3.05) is 4.90 Å². The summed E-state index contributed by atoms with van der Waals surface area (Å²) in [5, 5.41) is 5.04. The summed E-state index contributed by atoms with van der Waals surface area (Å²) in [4.78, 5) is 2.49. The third-order valence-electron chi connectivity index (χ3n) is 15.8. The maximum absolute atomic E-state index is 2.53. The predicted molar refractivity (Wildman–Crippen MR) is 306 cm³/mol. The summed E-state index contributed by atoms with van der Waals surface area (Å²) in [7, 11) is 0. The van der Waals surface area contributed by atoms with Crippen LogP contribution in [0.3, 0.4) is 0 Å². The number of rotatable bonds is 7. The van der Waals surface area contributed by atoms with Gasteiger partial charge in [-0.2, -0.15) is 0 Å². The molecule has 73 heavy (non-hydrogen) atoms. The molecule has 1 aliphatic carbocycles. The highest BCUT2D eigenvalue weighted by atomic mass is 15.1. The smallest absolute Gasteiger partial charge is 0.0754 e. The van der Waals surface area contributed by atoms with E-state index in [-0.39, 0.29) is 0 Å². The Labute approximate surface area is 425 Å². The van der Waals surface area contributed by atoms with Crippen molar-refractivity contribution in [1.29, 1.82) is 0 Å². The van der Waals surface area contributed by atoms with Crippen molar-refractivity contribution >= 4 is 49.6 Å². The first-order chi connectivity index (χ1) is 36.2. The summed E-state index contributed by atoms with van der Waals surface area (Å²) in [5.74, 6) is 0. The van der Waals surface area contributed by atoms with Gasteiger partial charge in [0, 0.05) is 27.6 Å². The Balaban J connectivity index is 0.959. The van der Waals surface area contributed by atoms with Crippen LogP contribution in [0.4, 0.5) is 17.1 Å². The third kappa shape index (κ3) is 6.11. The molecule has 2 heteroatoms. The number of fused-ring (bicyclic) bond motifs is 13. The lowest BCUT2D eigenvalue weighted by molar-refractivity contribution is 0.749. The van der Waals surface area contributed by atoms with Crippen LogP contribution in [0.1, 0.15) is 22.3 Å². The standard InChI is InChI=1S/C71H46N2/c1-2-19-47(20-3-1)50-23-16-24-51(45-50)56-26-7-12-35-66(56)72(53-42-39-49(40-43-53)55-30-17-22-48-21-4-5-25-54(48)55)67-36-13-8-27-57(67)52-41-44-59-58-28-6-10-32-62(58)71(65(59)46-52)63-33-11-15-38-69(63)73-68-37-14-9-29-60(68)61-31-18-34-64(71)70(61)73/h1-46H. The van der Waals surface area contributed by atoms with Crippen LogP contribution in [0.15, 0.2) is 279 Å². The molecule has 0 radical (unpaired) electrons. The van der Waals surface area contributed by atoms with Crippen molar-refractivity contribution in [2.45, 2.75) is 5.41 Å². The second kappa shape index (κ2) is 16.3. The fraction of sp³-hybridized carbons (Fsp3) is 0.0141. The Kier molecular flexibility index (Phi) is 9.21. The number of hydrogen-bond acceptors (Lipinski definition) is 1. The van der Waals surface area contributed by atoms with Gasteiger partial charge in [0.05, 0.1) is 33.5 Å². The molecule has 2 heterocycles. The molecule has 340 valence electrons. The van der Waals surface area contributed by atoms with Crippen LogP contribution in [0.2, 0.25) is 0 Å². The highest BCUT2D eigenvalue weighted by Gasteiger charge is 2.51. The minimum atomic E-state index is -0.565. The van der Waals surface area contributed by atoms with Crippen LogP contribution in [0.5, 0.6) is 0 Å². The van der Waals surface area contributed by atoms with Crippen molar-refractivity contribution in [3.63, 3.8) is 0 Å². The number of aromatic nitrogens is 1. The molecule has 1 unspecified atom stereocenters. The molecule has 12 aromatic carbocycles. The molecule has 1 atom stereocenters. The van der Waals surface area contributed by atoms with Gasteiger partial charge in [-0.25, -0.2) is 0 Å². The zero-order chi connectivity index (χ0) is 48.0. The van der Waals surface area contributed by atoms with E-state index in [1.54, 1.807) is 0 Å². The molecule has 2 nitrogen and oxygen atoms in total. The molecule has 0 saturated carbocycles. The maximum Gasteiger partial charge on any atom is 0.0754 e. The lowest BCUT2D eigenvalue weighted by atomic mass is 9.65. The maximum atomic E-state index is 2.53. The molecule has 0 saturated heterocycles. The SMILES string of the molecule is c1ccc(-c2cccc(-c3ccccc3N(c3ccc(-c4cccc5ccccc45)cc3)c3ccccc3-c3ccc4c(c3)C3(c5ccccc5-4)c4ccccc4-n4c5ccccc5c5cccc3c54)c2)cc1. The van der Waals surface area contributed by atoms with Gasteiger partial charge in [-0.15, -0.1) is 0 Å². The molecular formula is C71H46N2. The van der Waals surface area contributed by atoms with Crippen molar-refractivity contribution < 1.29 is 0 Å². The first-order valence-electron chi connectivity index (χ1n) is 25.3. The normalized spacial score (nSPS) is 14.1. The molecule has 1 aromatic heterocycles. The number of hydrogen-bond donors (Lipinski definition) is 0. The predicted octanol–water partition coefficient (Wildman–Crippen LogP) is 18.8. The van der Waals surface area contributed by atoms with Crippen LogP contribution in [0.25, 0.3) is 93.9 Å². The third-order valence-corrected chi connectivity index (χ3v) is 15.8. The summed E-state index contributed by atoms with van der Waals surface area (Å²) in [5.41, 5.74) is 23.7. The Bertz CT molecular complexity index is 4330. The van der Waals surface area contributed by atoms with Gasteiger partial charge in [-0.05, 0) is 126 Å². The molecular weight excluding hydrogens is 881 g/mol. The van der Waals surface area contributed by atoms with E-state index in [1.807, 2.05) is 0 Å². The Morgan fingerprint density at radius 2 is 0.822 bits per heavy atom. The van der Waals surface area contributed by atoms with Gasteiger partial charge in [-0.1, -0.05) is 231 Å². The lowest BCUT2D eigenvalue weighted by Gasteiger charge is -2.39. The fourth-order valence-electron chi connectivity index (χ4n) is 12.7. The monoisotopic (exact) mass is 926 g/mol. The van der Waals surface area contributed by atoms with Crippen LogP contribution >= 0.6 is 0 Å². The van der Waals surface area contributed by atoms with Crippen molar-refractivity contribution in [3.8, 4) is 61.3 Å². The van der Waals surface area contributed by atoms with E-state index in [1.165, 1.54) is 99.5 Å². The second-order valence-electron chi connectivity index (χ2n) is 19.5. The highest BCUT2D eigenvalue weighted by Crippen LogP contribution is 2.62. The van der Waals surface area contributed by atoms with Gasteiger partial charge in [0.1, 0.15) is 0 Å². The zero-order valence-electron chi connectivity index (χ0n) is 40.0. The summed E-state index contributed by atoms with van der Waals surface area (Å²) >= 11 is 0. The molecule has 1 aliphatic heterocycles. The quantitative estimate of drug-likeness (QED) is 0.155. The van der Waals surface area contributed by atoms with E-state index in [4.69, 9.17) is 0 Å². The summed E-state index contributed by atoms with van der Waals surface area (Å²) in [6, 6.07) is 104. The van der Waals surface area contributed by atoms with E-state index < -0.39 is 5.41 Å². The number of nitrogens with zero attached hydrogens (tertiary/aromatic N) is 2. The van der Waals surface area contributed by atoms with E-state index in [0.717, 1.165) is 33.8 Å². The van der Waals surface area contributed by atoms with Gasteiger partial charge in [0.2, 0.25) is 0 Å². The molecule has 13 aromatic rings. The average molecular weight is 927 g/mol. The fourth-order valence-corrected chi connectivity index (χ4v) is 12.7. The van der Waals surface area contributed by atoms with E-state index in [2.05, 4.69) is 289 Å². The number of para-hydroxylation sites is 5. The summed E-state index contributed by atoms with van der Waals surface area (Å²) in [6.45, 7) is 0. The molecule has 1 spiro atoms. The Hall–Kier alpha value is -9.50. The lowest BCUT2D eigenvalue weighted by Crippen LogP contribution is -2.33. The molecule has 15 rings (SSSR count). The molecule has 0 bridgehead atoms. The first kappa shape index (κ1) is 41.3. The summed E-state index contributed by atoms with van der Waals surface area (Å²) < 4.78 is 2.52. The van der Waals surface area contributed by atoms with Crippen LogP contribution in [-0.4, -0.2) is 4.57 Å². The highest BCUT2D eigenvalue weighted by molar-refractivity contribution is 6.13. The van der Waals surface area contributed by atoms with Crippen LogP contribution in [-0.2, 0) is 5.41 Å². The Morgan fingerprint density at radius 1 is 0.288 bits per heavy atom. The van der Waals surface area contributed by atoms with Gasteiger partial charge in [0.15, 0.2) is 0 Å². The van der Waals surface area contributed by atoms with Crippen LogP contribution < -0.4 is 4.90 Å². The number of benzene rings is 12. The second-order valence-corrected chi connectivity index (χ2v) is 19.5. The van der Waals surface area contributed by atoms with Gasteiger partial charge >= 0.3 is 0 Å². The van der Waals surface area contributed by atoms with Gasteiger partial charge < -0.3 is 9.47 Å². The van der Waals surface area contributed by atoms with Crippen molar-refractivity contribution in [1.82, 2.24) is 4.57 Å². The minimum Gasteiger partial charge on any atom is -0.309 e. The average Bonchev–Trinajstić information content (AvgIpc) is 3.96. The molecule has 0 N–H and O–H groups in total. The number of anilines is 3. The molecule has 0 fully saturated rings. The zero-order valence-corrected chi connectivity index (χ0v) is 40.0. The molecule has 2 aliphatic rings. The van der Waals surface area contributed by atoms with Crippen molar-refractivity contribution in [2.24, 2.45) is 0 Å². The van der Waals surface area contributed by atoms with Gasteiger partial charge in [-0.3, -0.25) is 0 Å². The van der Waals surface area contributed by atoms with Gasteiger partial charge in [0.25, 0.3) is 0 Å². The minimum absolute atomic E-state index is 0.565. The van der Waals surface area contributed by atoms with E-state index >= 15 is 0 Å². The molecule has 0 amide bonds. The summed E-state index contributed by atoms with van der Waals surface area (Å²) in [6.07, 6.45) is 0.